The van der Waals surface area contributed by atoms with Crippen LogP contribution in [0.2, 0.25) is 10.0 Å². The Hall–Kier alpha value is 0.440. The standard InChI is InChI=1S/C9H9Cl3S/c1-6(5-10)13-9-7(11)3-2-4-8(9)12/h2-4,6H,5H2,1H3. The van der Waals surface area contributed by atoms with Crippen molar-refractivity contribution in [1.29, 1.82) is 0 Å². The molecule has 0 N–H and O–H groups in total. The second kappa shape index (κ2) is 5.35. The van der Waals surface area contributed by atoms with Gasteiger partial charge >= 0.3 is 0 Å². The van der Waals surface area contributed by atoms with Crippen molar-refractivity contribution >= 4 is 46.6 Å². The monoisotopic (exact) mass is 254 g/mol. The molecule has 72 valence electrons. The zero-order valence-electron chi connectivity index (χ0n) is 7.06. The van der Waals surface area contributed by atoms with Gasteiger partial charge in [0.25, 0.3) is 0 Å². The van der Waals surface area contributed by atoms with E-state index in [-0.39, 0.29) is 0 Å². The Labute approximate surface area is 97.6 Å². The first-order valence-electron chi connectivity index (χ1n) is 3.81. The minimum Gasteiger partial charge on any atom is -0.126 e. The number of benzene rings is 1. The molecule has 1 aromatic carbocycles. The zero-order chi connectivity index (χ0) is 9.84. The van der Waals surface area contributed by atoms with Gasteiger partial charge in [-0.1, -0.05) is 36.2 Å². The van der Waals surface area contributed by atoms with E-state index in [4.69, 9.17) is 34.8 Å². The molecule has 1 atom stereocenters. The van der Waals surface area contributed by atoms with Gasteiger partial charge in [0.2, 0.25) is 0 Å². The second-order valence-electron chi connectivity index (χ2n) is 2.63. The third-order valence-electron chi connectivity index (χ3n) is 1.46. The van der Waals surface area contributed by atoms with Gasteiger partial charge in [0.15, 0.2) is 0 Å². The van der Waals surface area contributed by atoms with E-state index in [2.05, 4.69) is 0 Å². The first-order valence-corrected chi connectivity index (χ1v) is 5.98. The molecular weight excluding hydrogens is 247 g/mol. The summed E-state index contributed by atoms with van der Waals surface area (Å²) in [6.07, 6.45) is 0. The minimum absolute atomic E-state index is 0.319. The number of alkyl halides is 1. The largest absolute Gasteiger partial charge is 0.126 e. The predicted octanol–water partition coefficient (Wildman–Crippen LogP) is 4.71. The van der Waals surface area contributed by atoms with Gasteiger partial charge in [0, 0.05) is 16.0 Å². The highest BCUT2D eigenvalue weighted by Gasteiger charge is 2.09. The molecule has 0 aliphatic carbocycles. The Balaban J connectivity index is 2.87. The maximum atomic E-state index is 5.98. The molecule has 0 spiro atoms. The van der Waals surface area contributed by atoms with Gasteiger partial charge in [0.05, 0.1) is 10.0 Å². The summed E-state index contributed by atoms with van der Waals surface area (Å²) in [6.45, 7) is 2.04. The highest BCUT2D eigenvalue weighted by atomic mass is 35.5. The lowest BCUT2D eigenvalue weighted by molar-refractivity contribution is 1.12. The summed E-state index contributed by atoms with van der Waals surface area (Å²) in [5.41, 5.74) is 0. The zero-order valence-corrected chi connectivity index (χ0v) is 10.1. The van der Waals surface area contributed by atoms with Crippen LogP contribution in [0.4, 0.5) is 0 Å². The quantitative estimate of drug-likeness (QED) is 0.557. The van der Waals surface area contributed by atoms with Crippen molar-refractivity contribution in [2.75, 3.05) is 5.88 Å². The predicted molar refractivity (Wildman–Crippen MR) is 62.5 cm³/mol. The summed E-state index contributed by atoms with van der Waals surface area (Å²) >= 11 is 19.3. The molecule has 1 rings (SSSR count). The third-order valence-corrected chi connectivity index (χ3v) is 4.20. The molecule has 0 aliphatic rings. The summed E-state index contributed by atoms with van der Waals surface area (Å²) in [5, 5.41) is 1.70. The Kier molecular flexibility index (Phi) is 4.74. The van der Waals surface area contributed by atoms with Crippen LogP contribution in [-0.4, -0.2) is 11.1 Å². The van der Waals surface area contributed by atoms with E-state index >= 15 is 0 Å². The summed E-state index contributed by atoms with van der Waals surface area (Å²) in [5.74, 6) is 0.590. The topological polar surface area (TPSA) is 0 Å². The van der Waals surface area contributed by atoms with Gasteiger partial charge in [-0.2, -0.15) is 0 Å². The van der Waals surface area contributed by atoms with E-state index in [1.807, 2.05) is 25.1 Å². The van der Waals surface area contributed by atoms with E-state index in [1.165, 1.54) is 0 Å². The van der Waals surface area contributed by atoms with Crippen molar-refractivity contribution in [3.05, 3.63) is 28.2 Å². The summed E-state index contributed by atoms with van der Waals surface area (Å²) in [7, 11) is 0. The molecule has 0 saturated carbocycles. The average molecular weight is 256 g/mol. The molecule has 0 heterocycles. The Morgan fingerprint density at radius 1 is 1.31 bits per heavy atom. The molecule has 0 amide bonds. The lowest BCUT2D eigenvalue weighted by Gasteiger charge is -2.10. The van der Waals surface area contributed by atoms with Gasteiger partial charge in [0.1, 0.15) is 0 Å². The first-order chi connectivity index (χ1) is 6.15. The lowest BCUT2D eigenvalue weighted by Crippen LogP contribution is -1.96. The van der Waals surface area contributed by atoms with Crippen LogP contribution in [0, 0.1) is 0 Å². The second-order valence-corrected chi connectivity index (χ2v) is 5.21. The average Bonchev–Trinajstić information content (AvgIpc) is 2.11. The van der Waals surface area contributed by atoms with Gasteiger partial charge in [-0.15, -0.1) is 23.4 Å². The summed E-state index contributed by atoms with van der Waals surface area (Å²) in [4.78, 5) is 0.916. The van der Waals surface area contributed by atoms with E-state index in [9.17, 15) is 0 Å². The molecule has 1 aromatic rings. The van der Waals surface area contributed by atoms with Gasteiger partial charge < -0.3 is 0 Å². The number of rotatable bonds is 3. The van der Waals surface area contributed by atoms with Crippen LogP contribution >= 0.6 is 46.6 Å². The smallest absolute Gasteiger partial charge is 0.0557 e. The van der Waals surface area contributed by atoms with E-state index in [1.54, 1.807) is 11.8 Å². The number of hydrogen-bond acceptors (Lipinski definition) is 1. The van der Waals surface area contributed by atoms with Crippen LogP contribution in [0.1, 0.15) is 6.92 Å². The molecule has 0 aliphatic heterocycles. The molecule has 1 unspecified atom stereocenters. The highest BCUT2D eigenvalue weighted by Crippen LogP contribution is 2.36. The normalized spacial score (nSPS) is 12.9. The Morgan fingerprint density at radius 3 is 2.31 bits per heavy atom. The minimum atomic E-state index is 0.319. The fourth-order valence-electron chi connectivity index (χ4n) is 0.828. The molecule has 0 fully saturated rings. The molecule has 4 heteroatoms. The van der Waals surface area contributed by atoms with Crippen LogP contribution in [0.15, 0.2) is 23.1 Å². The van der Waals surface area contributed by atoms with Crippen molar-refractivity contribution in [2.24, 2.45) is 0 Å². The van der Waals surface area contributed by atoms with Gasteiger partial charge in [-0.25, -0.2) is 0 Å². The van der Waals surface area contributed by atoms with Crippen LogP contribution < -0.4 is 0 Å². The van der Waals surface area contributed by atoms with Crippen LogP contribution in [0.3, 0.4) is 0 Å². The van der Waals surface area contributed by atoms with E-state index < -0.39 is 0 Å². The van der Waals surface area contributed by atoms with Gasteiger partial charge in [-0.05, 0) is 12.1 Å². The molecule has 0 saturated heterocycles. The number of hydrogen-bond donors (Lipinski definition) is 0. The fourth-order valence-corrected chi connectivity index (χ4v) is 2.51. The molecule has 0 nitrogen and oxygen atoms in total. The molecular formula is C9H9Cl3S. The van der Waals surface area contributed by atoms with Crippen molar-refractivity contribution in [3.8, 4) is 0 Å². The lowest BCUT2D eigenvalue weighted by atomic mass is 10.4. The molecule has 0 bridgehead atoms. The number of halogens is 3. The summed E-state index contributed by atoms with van der Waals surface area (Å²) in [6, 6.07) is 5.49. The Morgan fingerprint density at radius 2 is 1.85 bits per heavy atom. The van der Waals surface area contributed by atoms with Gasteiger partial charge in [-0.3, -0.25) is 0 Å². The SMILES string of the molecule is CC(CCl)Sc1c(Cl)cccc1Cl. The van der Waals surface area contributed by atoms with Crippen LogP contribution in [0.25, 0.3) is 0 Å². The fraction of sp³-hybridized carbons (Fsp3) is 0.333. The maximum absolute atomic E-state index is 5.98. The van der Waals surface area contributed by atoms with E-state index in [0.29, 0.717) is 21.2 Å². The van der Waals surface area contributed by atoms with Crippen molar-refractivity contribution in [3.63, 3.8) is 0 Å². The van der Waals surface area contributed by atoms with Crippen LogP contribution in [0.5, 0.6) is 0 Å². The van der Waals surface area contributed by atoms with Crippen molar-refractivity contribution in [2.45, 2.75) is 17.1 Å². The van der Waals surface area contributed by atoms with E-state index in [0.717, 1.165) is 4.90 Å². The highest BCUT2D eigenvalue weighted by molar-refractivity contribution is 8.00. The summed E-state index contributed by atoms with van der Waals surface area (Å²) < 4.78 is 0. The molecule has 0 aromatic heterocycles. The molecule has 0 radical (unpaired) electrons. The maximum Gasteiger partial charge on any atom is 0.0557 e. The Bertz CT molecular complexity index is 268. The van der Waals surface area contributed by atoms with Crippen LogP contribution in [-0.2, 0) is 0 Å². The van der Waals surface area contributed by atoms with Crippen molar-refractivity contribution in [1.82, 2.24) is 0 Å². The first kappa shape index (κ1) is 11.5. The molecule has 13 heavy (non-hydrogen) atoms. The van der Waals surface area contributed by atoms with Crippen molar-refractivity contribution < 1.29 is 0 Å². The number of thioether (sulfide) groups is 1. The third kappa shape index (κ3) is 3.25.